The zero-order chi connectivity index (χ0) is 20.6. The van der Waals surface area contributed by atoms with E-state index in [-0.39, 0.29) is 34.5 Å². The maximum Gasteiger partial charge on any atom is 0.243 e. The van der Waals surface area contributed by atoms with Gasteiger partial charge in [0.25, 0.3) is 0 Å². The number of halogens is 2. The quantitative estimate of drug-likeness (QED) is 0.676. The fourth-order valence-corrected chi connectivity index (χ4v) is 5.71. The van der Waals surface area contributed by atoms with Crippen LogP contribution in [-0.4, -0.2) is 36.7 Å². The van der Waals surface area contributed by atoms with Crippen molar-refractivity contribution in [1.29, 1.82) is 0 Å². The summed E-state index contributed by atoms with van der Waals surface area (Å²) in [5.74, 6) is -1.90. The van der Waals surface area contributed by atoms with Gasteiger partial charge >= 0.3 is 0 Å². The highest BCUT2D eigenvalue weighted by Gasteiger charge is 2.33. The molecule has 1 aliphatic heterocycles. The second kappa shape index (κ2) is 7.77. The molecule has 3 aromatic rings. The Morgan fingerprint density at radius 3 is 2.66 bits per heavy atom. The molecule has 4 rings (SSSR count). The lowest BCUT2D eigenvalue weighted by atomic mass is 9.99. The number of thiazole rings is 1. The van der Waals surface area contributed by atoms with Gasteiger partial charge in [0.2, 0.25) is 15.9 Å². The van der Waals surface area contributed by atoms with Crippen molar-refractivity contribution in [3.8, 4) is 0 Å². The van der Waals surface area contributed by atoms with Gasteiger partial charge < -0.3 is 5.32 Å². The summed E-state index contributed by atoms with van der Waals surface area (Å²) in [6.07, 6.45) is 1.05. The molecule has 1 atom stereocenters. The number of carbonyl (C=O) groups excluding carboxylic acids is 1. The Morgan fingerprint density at radius 1 is 1.17 bits per heavy atom. The summed E-state index contributed by atoms with van der Waals surface area (Å²) in [5.41, 5.74) is 0.192. The van der Waals surface area contributed by atoms with Crippen LogP contribution < -0.4 is 5.32 Å². The number of carbonyl (C=O) groups is 1. The molecule has 1 amide bonds. The average Bonchev–Trinajstić information content (AvgIpc) is 3.12. The molecule has 1 N–H and O–H groups in total. The summed E-state index contributed by atoms with van der Waals surface area (Å²) >= 11 is 1.16. The SMILES string of the molecule is O=C(Nc1nc2c(F)cccc2s1)C1CCCN(S(=O)(=O)c2ccc(F)cc2)C1. The summed E-state index contributed by atoms with van der Waals surface area (Å²) in [5, 5.41) is 2.95. The second-order valence-corrected chi connectivity index (χ2v) is 9.72. The summed E-state index contributed by atoms with van der Waals surface area (Å²) in [6.45, 7) is 0.306. The van der Waals surface area contributed by atoms with Crippen molar-refractivity contribution in [2.75, 3.05) is 18.4 Å². The van der Waals surface area contributed by atoms with Crippen LogP contribution in [0, 0.1) is 17.6 Å². The van der Waals surface area contributed by atoms with Gasteiger partial charge in [0, 0.05) is 13.1 Å². The number of benzene rings is 2. The molecular weight excluding hydrogens is 420 g/mol. The van der Waals surface area contributed by atoms with Crippen molar-refractivity contribution < 1.29 is 22.0 Å². The first-order valence-corrected chi connectivity index (χ1v) is 11.2. The number of para-hydroxylation sites is 1. The summed E-state index contributed by atoms with van der Waals surface area (Å²) in [7, 11) is -3.82. The minimum Gasteiger partial charge on any atom is -0.302 e. The van der Waals surface area contributed by atoms with Gasteiger partial charge in [-0.1, -0.05) is 17.4 Å². The maximum absolute atomic E-state index is 13.8. The average molecular weight is 437 g/mol. The number of nitrogens with zero attached hydrogens (tertiary/aromatic N) is 2. The van der Waals surface area contributed by atoms with Crippen molar-refractivity contribution in [2.24, 2.45) is 5.92 Å². The standard InChI is InChI=1S/C19H17F2N3O3S2/c20-13-6-8-14(9-7-13)29(26,27)24-10-2-3-12(11-24)18(25)23-19-22-17-15(21)4-1-5-16(17)28-19/h1,4-9,12H,2-3,10-11H2,(H,22,23,25). The molecule has 0 bridgehead atoms. The Balaban J connectivity index is 1.49. The molecule has 1 aliphatic rings. The highest BCUT2D eigenvalue weighted by Crippen LogP contribution is 2.29. The molecule has 10 heteroatoms. The van der Waals surface area contributed by atoms with Crippen molar-refractivity contribution in [2.45, 2.75) is 17.7 Å². The second-order valence-electron chi connectivity index (χ2n) is 6.75. The first-order valence-electron chi connectivity index (χ1n) is 8.96. The first-order chi connectivity index (χ1) is 13.8. The molecule has 0 aliphatic carbocycles. The van der Waals surface area contributed by atoms with E-state index in [2.05, 4.69) is 10.3 Å². The lowest BCUT2D eigenvalue weighted by Gasteiger charge is -2.31. The van der Waals surface area contributed by atoms with Gasteiger partial charge in [0.15, 0.2) is 5.13 Å². The molecule has 6 nitrogen and oxygen atoms in total. The smallest absolute Gasteiger partial charge is 0.243 e. The number of sulfonamides is 1. The fraction of sp³-hybridized carbons (Fsp3) is 0.263. The number of fused-ring (bicyclic) bond motifs is 1. The van der Waals surface area contributed by atoms with Crippen molar-refractivity contribution in [1.82, 2.24) is 9.29 Å². The van der Waals surface area contributed by atoms with E-state index in [0.29, 0.717) is 17.5 Å². The van der Waals surface area contributed by atoms with Crippen LogP contribution in [0.2, 0.25) is 0 Å². The predicted octanol–water partition coefficient (Wildman–Crippen LogP) is 3.61. The summed E-state index contributed by atoms with van der Waals surface area (Å²) in [6, 6.07) is 9.19. The number of hydrogen-bond donors (Lipinski definition) is 1. The number of nitrogens with one attached hydrogen (secondary N) is 1. The van der Waals surface area contributed by atoms with Crippen LogP contribution >= 0.6 is 11.3 Å². The highest BCUT2D eigenvalue weighted by molar-refractivity contribution is 7.89. The van der Waals surface area contributed by atoms with Crippen LogP contribution in [0.1, 0.15) is 12.8 Å². The summed E-state index contributed by atoms with van der Waals surface area (Å²) in [4.78, 5) is 16.8. The van der Waals surface area contributed by atoms with E-state index in [9.17, 15) is 22.0 Å². The van der Waals surface area contributed by atoms with Gasteiger partial charge in [-0.15, -0.1) is 0 Å². The van der Waals surface area contributed by atoms with E-state index in [1.807, 2.05) is 0 Å². The number of hydrogen-bond acceptors (Lipinski definition) is 5. The van der Waals surface area contributed by atoms with Crippen molar-refractivity contribution in [3.63, 3.8) is 0 Å². The van der Waals surface area contributed by atoms with Crippen LogP contribution in [0.4, 0.5) is 13.9 Å². The molecule has 29 heavy (non-hydrogen) atoms. The van der Waals surface area contributed by atoms with Crippen LogP contribution in [0.25, 0.3) is 10.2 Å². The molecule has 0 saturated carbocycles. The Bertz CT molecular complexity index is 1160. The first kappa shape index (κ1) is 19.9. The minimum absolute atomic E-state index is 0.0124. The zero-order valence-corrected chi connectivity index (χ0v) is 16.8. The van der Waals surface area contributed by atoms with Crippen LogP contribution in [-0.2, 0) is 14.8 Å². The molecule has 1 aromatic heterocycles. The van der Waals surface area contributed by atoms with Gasteiger partial charge in [-0.3, -0.25) is 4.79 Å². The Kier molecular flexibility index (Phi) is 5.32. The fourth-order valence-electron chi connectivity index (χ4n) is 3.31. The van der Waals surface area contributed by atoms with E-state index < -0.39 is 27.6 Å². The van der Waals surface area contributed by atoms with Crippen LogP contribution in [0.3, 0.4) is 0 Å². The Labute approximate surface area is 170 Å². The third kappa shape index (κ3) is 4.00. The number of piperidine rings is 1. The molecular formula is C19H17F2N3O3S2. The van der Waals surface area contributed by atoms with Gasteiger partial charge in [-0.05, 0) is 49.2 Å². The predicted molar refractivity (Wildman–Crippen MR) is 106 cm³/mol. The van der Waals surface area contributed by atoms with E-state index in [1.54, 1.807) is 12.1 Å². The summed E-state index contributed by atoms with van der Waals surface area (Å²) < 4.78 is 54.4. The van der Waals surface area contributed by atoms with Crippen molar-refractivity contribution in [3.05, 3.63) is 54.1 Å². The Morgan fingerprint density at radius 2 is 1.93 bits per heavy atom. The third-order valence-electron chi connectivity index (χ3n) is 4.81. The van der Waals surface area contributed by atoms with Crippen LogP contribution in [0.5, 0.6) is 0 Å². The van der Waals surface area contributed by atoms with Gasteiger partial charge in [-0.25, -0.2) is 22.2 Å². The van der Waals surface area contributed by atoms with Crippen LogP contribution in [0.15, 0.2) is 47.4 Å². The molecule has 1 fully saturated rings. The van der Waals surface area contributed by atoms with E-state index in [1.165, 1.54) is 22.5 Å². The molecule has 152 valence electrons. The highest BCUT2D eigenvalue weighted by atomic mass is 32.2. The number of anilines is 1. The van der Waals surface area contributed by atoms with E-state index >= 15 is 0 Å². The normalized spacial score (nSPS) is 18.1. The van der Waals surface area contributed by atoms with E-state index in [4.69, 9.17) is 0 Å². The lowest BCUT2D eigenvalue weighted by Crippen LogP contribution is -2.43. The topological polar surface area (TPSA) is 79.4 Å². The monoisotopic (exact) mass is 437 g/mol. The zero-order valence-electron chi connectivity index (χ0n) is 15.1. The lowest BCUT2D eigenvalue weighted by molar-refractivity contribution is -0.120. The molecule has 1 unspecified atom stereocenters. The van der Waals surface area contributed by atoms with Gasteiger partial charge in [0.05, 0.1) is 15.5 Å². The van der Waals surface area contributed by atoms with E-state index in [0.717, 1.165) is 23.5 Å². The maximum atomic E-state index is 13.8. The molecule has 2 heterocycles. The molecule has 0 spiro atoms. The van der Waals surface area contributed by atoms with Gasteiger partial charge in [0.1, 0.15) is 17.2 Å². The molecule has 0 radical (unpaired) electrons. The number of rotatable bonds is 4. The number of amides is 1. The minimum atomic E-state index is -3.82. The Hall–Kier alpha value is -2.43. The van der Waals surface area contributed by atoms with Crippen molar-refractivity contribution >= 4 is 42.6 Å². The number of aromatic nitrogens is 1. The third-order valence-corrected chi connectivity index (χ3v) is 7.62. The molecule has 1 saturated heterocycles. The van der Waals surface area contributed by atoms with Gasteiger partial charge in [-0.2, -0.15) is 4.31 Å². The largest absolute Gasteiger partial charge is 0.302 e. The molecule has 2 aromatic carbocycles.